The molecule has 1 aliphatic heterocycles. The van der Waals surface area contributed by atoms with Gasteiger partial charge in [-0.2, -0.15) is 5.10 Å². The van der Waals surface area contributed by atoms with Crippen LogP contribution in [0.4, 0.5) is 0 Å². The van der Waals surface area contributed by atoms with Gasteiger partial charge in [-0.05, 0) is 31.2 Å². The topological polar surface area (TPSA) is 91.2 Å². The summed E-state index contributed by atoms with van der Waals surface area (Å²) in [6.07, 6.45) is 1.69. The van der Waals surface area contributed by atoms with E-state index in [9.17, 15) is 4.79 Å². The number of nitrogens with one attached hydrogen (secondary N) is 1. The lowest BCUT2D eigenvalue weighted by Gasteiger charge is -2.13. The summed E-state index contributed by atoms with van der Waals surface area (Å²) < 4.78 is 12.5. The first kappa shape index (κ1) is 17.0. The Morgan fingerprint density at radius 2 is 2.00 bits per heavy atom. The second-order valence-corrected chi connectivity index (χ2v) is 6.13. The molecule has 0 saturated heterocycles. The minimum Gasteiger partial charge on any atom is -0.493 e. The predicted molar refractivity (Wildman–Crippen MR) is 98.9 cm³/mol. The number of hydrogen-bond donors (Lipinski definition) is 1. The molecular weight excluding hydrogens is 346 g/mol. The third-order valence-electron chi connectivity index (χ3n) is 4.57. The fraction of sp³-hybridized carbons (Fsp3) is 0.263. The highest BCUT2D eigenvalue weighted by Gasteiger charge is 2.21. The van der Waals surface area contributed by atoms with Gasteiger partial charge in [-0.15, -0.1) is 0 Å². The molecular formula is C19H19N5O3. The first-order chi connectivity index (χ1) is 13.1. The van der Waals surface area contributed by atoms with Gasteiger partial charge in [-0.3, -0.25) is 9.48 Å². The summed E-state index contributed by atoms with van der Waals surface area (Å²) in [5.74, 6) is 1.74. The van der Waals surface area contributed by atoms with Gasteiger partial charge < -0.3 is 14.8 Å². The fourth-order valence-electron chi connectivity index (χ4n) is 3.22. The number of benzene rings is 1. The van der Waals surface area contributed by atoms with Crippen molar-refractivity contribution in [3.8, 4) is 34.3 Å². The maximum atomic E-state index is 12.0. The van der Waals surface area contributed by atoms with E-state index in [1.54, 1.807) is 37.2 Å². The van der Waals surface area contributed by atoms with Crippen molar-refractivity contribution in [3.05, 3.63) is 41.7 Å². The molecule has 0 fully saturated rings. The number of methoxy groups -OCH3 is 2. The number of rotatable bonds is 4. The van der Waals surface area contributed by atoms with E-state index >= 15 is 0 Å². The Hall–Kier alpha value is -3.42. The van der Waals surface area contributed by atoms with E-state index in [2.05, 4.69) is 20.4 Å². The number of fused-ring (bicyclic) bond motifs is 1. The van der Waals surface area contributed by atoms with Gasteiger partial charge in [-0.25, -0.2) is 9.97 Å². The highest BCUT2D eigenvalue weighted by Crippen LogP contribution is 2.36. The lowest BCUT2D eigenvalue weighted by Crippen LogP contribution is -2.35. The van der Waals surface area contributed by atoms with Gasteiger partial charge in [0.05, 0.1) is 26.5 Å². The van der Waals surface area contributed by atoms with Gasteiger partial charge in [-0.1, -0.05) is 0 Å². The van der Waals surface area contributed by atoms with Crippen molar-refractivity contribution in [3.63, 3.8) is 0 Å². The van der Waals surface area contributed by atoms with Crippen LogP contribution in [0.5, 0.6) is 11.5 Å². The lowest BCUT2D eigenvalue weighted by molar-refractivity contribution is 0.0924. The Kier molecular flexibility index (Phi) is 4.23. The van der Waals surface area contributed by atoms with Crippen LogP contribution in [-0.4, -0.2) is 46.4 Å². The molecule has 3 aromatic rings. The first-order valence-corrected chi connectivity index (χ1v) is 8.53. The summed E-state index contributed by atoms with van der Waals surface area (Å²) in [6, 6.07) is 7.27. The number of amides is 1. The summed E-state index contributed by atoms with van der Waals surface area (Å²) in [5.41, 5.74) is 3.57. The van der Waals surface area contributed by atoms with Crippen molar-refractivity contribution in [1.29, 1.82) is 0 Å². The van der Waals surface area contributed by atoms with Crippen LogP contribution in [0.25, 0.3) is 22.8 Å². The van der Waals surface area contributed by atoms with Crippen LogP contribution in [0.2, 0.25) is 0 Å². The minimum absolute atomic E-state index is 0.120. The molecule has 138 valence electrons. The standard InChI is InChI=1S/C19H19N5O3/c1-11-12(4-5-16(26-2)17(11)27-3)18-20-7-6-13(22-18)14-10-15-19(25)21-8-9-24(15)23-14/h4-7,10H,8-9H2,1-3H3,(H,21,25). The Morgan fingerprint density at radius 3 is 2.74 bits per heavy atom. The summed E-state index contributed by atoms with van der Waals surface area (Å²) in [6.45, 7) is 3.16. The van der Waals surface area contributed by atoms with Crippen molar-refractivity contribution >= 4 is 5.91 Å². The molecule has 3 heterocycles. The molecule has 0 bridgehead atoms. The van der Waals surface area contributed by atoms with Crippen molar-refractivity contribution in [2.24, 2.45) is 0 Å². The molecule has 0 saturated carbocycles. The van der Waals surface area contributed by atoms with Crippen molar-refractivity contribution < 1.29 is 14.3 Å². The number of carbonyl (C=O) groups is 1. The maximum absolute atomic E-state index is 12.0. The van der Waals surface area contributed by atoms with Crippen LogP contribution >= 0.6 is 0 Å². The van der Waals surface area contributed by atoms with Crippen LogP contribution in [0.3, 0.4) is 0 Å². The van der Waals surface area contributed by atoms with E-state index in [0.29, 0.717) is 47.5 Å². The quantitative estimate of drug-likeness (QED) is 0.761. The predicted octanol–water partition coefficient (Wildman–Crippen LogP) is 2.08. The van der Waals surface area contributed by atoms with Gasteiger partial charge in [0.1, 0.15) is 11.4 Å². The average Bonchev–Trinajstić information content (AvgIpc) is 3.13. The van der Waals surface area contributed by atoms with Crippen molar-refractivity contribution in [2.45, 2.75) is 13.5 Å². The number of ether oxygens (including phenoxy) is 2. The Labute approximate surface area is 156 Å². The molecule has 2 aromatic heterocycles. The molecule has 1 aromatic carbocycles. The Bertz CT molecular complexity index is 1030. The van der Waals surface area contributed by atoms with Gasteiger partial charge in [0, 0.05) is 23.9 Å². The van der Waals surface area contributed by atoms with Gasteiger partial charge in [0.2, 0.25) is 0 Å². The maximum Gasteiger partial charge on any atom is 0.269 e. The molecule has 0 radical (unpaired) electrons. The molecule has 0 spiro atoms. The van der Waals surface area contributed by atoms with E-state index in [1.165, 1.54) is 0 Å². The molecule has 8 heteroatoms. The zero-order valence-corrected chi connectivity index (χ0v) is 15.3. The molecule has 8 nitrogen and oxygen atoms in total. The molecule has 0 atom stereocenters. The Morgan fingerprint density at radius 1 is 1.15 bits per heavy atom. The van der Waals surface area contributed by atoms with E-state index in [-0.39, 0.29) is 5.91 Å². The number of nitrogens with zero attached hydrogens (tertiary/aromatic N) is 4. The van der Waals surface area contributed by atoms with Crippen LogP contribution in [0, 0.1) is 6.92 Å². The molecule has 0 unspecified atom stereocenters. The van der Waals surface area contributed by atoms with E-state index < -0.39 is 0 Å². The zero-order valence-electron chi connectivity index (χ0n) is 15.3. The van der Waals surface area contributed by atoms with Crippen LogP contribution in [0.15, 0.2) is 30.5 Å². The second-order valence-electron chi connectivity index (χ2n) is 6.13. The average molecular weight is 365 g/mol. The molecule has 0 aliphatic carbocycles. The monoisotopic (exact) mass is 365 g/mol. The number of aromatic nitrogens is 4. The third-order valence-corrected chi connectivity index (χ3v) is 4.57. The molecule has 1 amide bonds. The van der Waals surface area contributed by atoms with E-state index in [4.69, 9.17) is 9.47 Å². The van der Waals surface area contributed by atoms with E-state index in [0.717, 1.165) is 11.1 Å². The summed E-state index contributed by atoms with van der Waals surface area (Å²) >= 11 is 0. The largest absolute Gasteiger partial charge is 0.493 e. The second kappa shape index (κ2) is 6.71. The molecule has 4 rings (SSSR count). The molecule has 27 heavy (non-hydrogen) atoms. The third kappa shape index (κ3) is 2.88. The summed E-state index contributed by atoms with van der Waals surface area (Å²) in [5, 5.41) is 7.32. The number of hydrogen-bond acceptors (Lipinski definition) is 6. The normalized spacial score (nSPS) is 13.1. The van der Waals surface area contributed by atoms with Crippen LogP contribution < -0.4 is 14.8 Å². The highest BCUT2D eigenvalue weighted by atomic mass is 16.5. The van der Waals surface area contributed by atoms with Gasteiger partial charge >= 0.3 is 0 Å². The zero-order chi connectivity index (χ0) is 19.0. The summed E-state index contributed by atoms with van der Waals surface area (Å²) in [7, 11) is 3.21. The van der Waals surface area contributed by atoms with Crippen molar-refractivity contribution in [2.75, 3.05) is 20.8 Å². The van der Waals surface area contributed by atoms with E-state index in [1.807, 2.05) is 19.1 Å². The SMILES string of the molecule is COc1ccc(-c2nccc(-c3cc4n(n3)CCNC4=O)n2)c(C)c1OC. The fourth-order valence-corrected chi connectivity index (χ4v) is 3.22. The molecule has 1 N–H and O–H groups in total. The lowest BCUT2D eigenvalue weighted by atomic mass is 10.1. The van der Waals surface area contributed by atoms with Gasteiger partial charge in [0.25, 0.3) is 5.91 Å². The number of carbonyl (C=O) groups excluding carboxylic acids is 1. The Balaban J connectivity index is 1.77. The summed E-state index contributed by atoms with van der Waals surface area (Å²) in [4.78, 5) is 21.0. The first-order valence-electron chi connectivity index (χ1n) is 8.53. The van der Waals surface area contributed by atoms with Gasteiger partial charge in [0.15, 0.2) is 17.3 Å². The highest BCUT2D eigenvalue weighted by molar-refractivity contribution is 5.94. The van der Waals surface area contributed by atoms with Crippen molar-refractivity contribution in [1.82, 2.24) is 25.1 Å². The minimum atomic E-state index is -0.120. The molecule has 1 aliphatic rings. The van der Waals surface area contributed by atoms with Crippen LogP contribution in [0.1, 0.15) is 16.1 Å². The van der Waals surface area contributed by atoms with Crippen LogP contribution in [-0.2, 0) is 6.54 Å². The smallest absolute Gasteiger partial charge is 0.269 e.